The van der Waals surface area contributed by atoms with Crippen molar-refractivity contribution in [3.8, 4) is 5.06 Å². The first-order chi connectivity index (χ1) is 7.05. The summed E-state index contributed by atoms with van der Waals surface area (Å²) in [4.78, 5) is -0.608. The largest absolute Gasteiger partial charge is 0.479 e. The smallest absolute Gasteiger partial charge is 0.425 e. The van der Waals surface area contributed by atoms with Crippen molar-refractivity contribution in [1.29, 1.82) is 0 Å². The van der Waals surface area contributed by atoms with Crippen LogP contribution < -0.4 is 10.1 Å². The average Bonchev–Trinajstić information content (AvgIpc) is 2.73. The van der Waals surface area contributed by atoms with Gasteiger partial charge in [0.25, 0.3) is 0 Å². The Morgan fingerprint density at radius 1 is 1.40 bits per heavy atom. The van der Waals surface area contributed by atoms with Gasteiger partial charge in [0, 0.05) is 6.54 Å². The predicted octanol–water partition coefficient (Wildman–Crippen LogP) is 2.51. The lowest BCUT2D eigenvalue weighted by atomic mass is 10.3. The topological polar surface area (TPSA) is 21.3 Å². The Morgan fingerprint density at radius 2 is 2.20 bits per heavy atom. The molecule has 6 heteroatoms. The molecule has 0 radical (unpaired) electrons. The van der Waals surface area contributed by atoms with Gasteiger partial charge >= 0.3 is 6.18 Å². The van der Waals surface area contributed by atoms with E-state index in [1.165, 1.54) is 6.07 Å². The van der Waals surface area contributed by atoms with Gasteiger partial charge < -0.3 is 10.1 Å². The molecule has 1 aliphatic rings. The van der Waals surface area contributed by atoms with Gasteiger partial charge in [-0.3, -0.25) is 0 Å². The number of nitrogens with one attached hydrogen (secondary N) is 1. The van der Waals surface area contributed by atoms with Crippen molar-refractivity contribution < 1.29 is 17.9 Å². The Hall–Kier alpha value is -0.750. The van der Waals surface area contributed by atoms with Crippen molar-refractivity contribution >= 4 is 11.3 Å². The van der Waals surface area contributed by atoms with Crippen LogP contribution >= 0.6 is 11.3 Å². The normalized spacial score (nSPS) is 21.9. The monoisotopic (exact) mass is 237 g/mol. The number of ether oxygens (including phenoxy) is 1. The second-order valence-electron chi connectivity index (χ2n) is 3.35. The zero-order chi connectivity index (χ0) is 10.9. The van der Waals surface area contributed by atoms with Crippen LogP contribution in [-0.4, -0.2) is 19.2 Å². The molecule has 0 amide bonds. The molecule has 0 saturated carbocycles. The van der Waals surface area contributed by atoms with Crippen molar-refractivity contribution in [2.75, 3.05) is 13.1 Å². The summed E-state index contributed by atoms with van der Waals surface area (Å²) in [6.07, 6.45) is -3.41. The Kier molecular flexibility index (Phi) is 2.88. The zero-order valence-electron chi connectivity index (χ0n) is 7.80. The molecule has 0 aromatic carbocycles. The van der Waals surface area contributed by atoms with Crippen LogP contribution in [0.25, 0.3) is 0 Å². The van der Waals surface area contributed by atoms with Gasteiger partial charge in [-0.05, 0) is 25.1 Å². The van der Waals surface area contributed by atoms with E-state index >= 15 is 0 Å². The molecule has 1 fully saturated rings. The third-order valence-electron chi connectivity index (χ3n) is 2.16. The van der Waals surface area contributed by atoms with Crippen LogP contribution in [0.1, 0.15) is 11.3 Å². The third kappa shape index (κ3) is 2.63. The Bertz CT molecular complexity index is 330. The van der Waals surface area contributed by atoms with E-state index in [2.05, 4.69) is 5.32 Å². The zero-order valence-corrected chi connectivity index (χ0v) is 8.62. The van der Waals surface area contributed by atoms with Crippen molar-refractivity contribution in [2.24, 2.45) is 0 Å². The van der Waals surface area contributed by atoms with Gasteiger partial charge in [-0.25, -0.2) is 0 Å². The molecule has 1 N–H and O–H groups in total. The van der Waals surface area contributed by atoms with E-state index in [0.717, 1.165) is 19.0 Å². The molecule has 1 aromatic rings. The van der Waals surface area contributed by atoms with Crippen LogP contribution in [0.3, 0.4) is 0 Å². The number of rotatable bonds is 2. The first-order valence-electron chi connectivity index (χ1n) is 4.60. The SMILES string of the molecule is FC(F)(F)c1ccc(OC2CCNC2)s1. The molecule has 2 nitrogen and oxygen atoms in total. The maximum absolute atomic E-state index is 12.3. The molecule has 1 atom stereocenters. The highest BCUT2D eigenvalue weighted by Gasteiger charge is 2.33. The number of thiophene rings is 1. The average molecular weight is 237 g/mol. The molecule has 1 saturated heterocycles. The quantitative estimate of drug-likeness (QED) is 0.853. The van der Waals surface area contributed by atoms with E-state index in [1.807, 2.05) is 0 Å². The minimum absolute atomic E-state index is 0.00438. The van der Waals surface area contributed by atoms with Crippen molar-refractivity contribution in [2.45, 2.75) is 18.7 Å². The summed E-state index contributed by atoms with van der Waals surface area (Å²) in [5, 5.41) is 3.43. The highest BCUT2D eigenvalue weighted by molar-refractivity contribution is 7.13. The fourth-order valence-corrected chi connectivity index (χ4v) is 2.22. The van der Waals surface area contributed by atoms with Crippen LogP contribution in [0, 0.1) is 0 Å². The van der Waals surface area contributed by atoms with Gasteiger partial charge in [0.05, 0.1) is 0 Å². The van der Waals surface area contributed by atoms with Crippen LogP contribution in [0.2, 0.25) is 0 Å². The van der Waals surface area contributed by atoms with E-state index < -0.39 is 11.1 Å². The second-order valence-corrected chi connectivity index (χ2v) is 4.40. The van der Waals surface area contributed by atoms with Gasteiger partial charge in [-0.2, -0.15) is 13.2 Å². The Balaban J connectivity index is 2.00. The predicted molar refractivity (Wildman–Crippen MR) is 51.2 cm³/mol. The van der Waals surface area contributed by atoms with Gasteiger partial charge in [-0.1, -0.05) is 11.3 Å². The van der Waals surface area contributed by atoms with Gasteiger partial charge in [0.15, 0.2) is 5.06 Å². The number of halogens is 3. The first-order valence-corrected chi connectivity index (χ1v) is 5.42. The van der Waals surface area contributed by atoms with E-state index in [4.69, 9.17) is 4.74 Å². The maximum atomic E-state index is 12.3. The van der Waals surface area contributed by atoms with E-state index in [9.17, 15) is 13.2 Å². The fraction of sp³-hybridized carbons (Fsp3) is 0.556. The first kappa shape index (κ1) is 10.8. The highest BCUT2D eigenvalue weighted by atomic mass is 32.1. The Labute approximate surface area is 89.1 Å². The molecule has 1 aliphatic heterocycles. The fourth-order valence-electron chi connectivity index (χ4n) is 1.43. The summed E-state index contributed by atoms with van der Waals surface area (Å²) in [5.74, 6) is 0. The summed E-state index contributed by atoms with van der Waals surface area (Å²) in [5.41, 5.74) is 0. The maximum Gasteiger partial charge on any atom is 0.425 e. The lowest BCUT2D eigenvalue weighted by Gasteiger charge is -2.09. The third-order valence-corrected chi connectivity index (χ3v) is 3.18. The van der Waals surface area contributed by atoms with Crippen LogP contribution in [0.5, 0.6) is 5.06 Å². The molecule has 0 spiro atoms. The van der Waals surface area contributed by atoms with Gasteiger partial charge in [0.2, 0.25) is 0 Å². The number of hydrogen-bond donors (Lipinski definition) is 1. The molecular formula is C9H10F3NOS. The van der Waals surface area contributed by atoms with E-state index in [-0.39, 0.29) is 6.10 Å². The summed E-state index contributed by atoms with van der Waals surface area (Å²) >= 11 is 0.652. The van der Waals surface area contributed by atoms with E-state index in [0.29, 0.717) is 22.9 Å². The summed E-state index contributed by atoms with van der Waals surface area (Å²) < 4.78 is 42.2. The lowest BCUT2D eigenvalue weighted by molar-refractivity contribution is -0.134. The van der Waals surface area contributed by atoms with Crippen molar-refractivity contribution in [3.63, 3.8) is 0 Å². The molecule has 0 aliphatic carbocycles. The van der Waals surface area contributed by atoms with Gasteiger partial charge in [0.1, 0.15) is 11.0 Å². The van der Waals surface area contributed by atoms with Crippen LogP contribution in [0.4, 0.5) is 13.2 Å². The highest BCUT2D eigenvalue weighted by Crippen LogP contribution is 2.38. The minimum atomic E-state index is -4.26. The molecule has 15 heavy (non-hydrogen) atoms. The Morgan fingerprint density at radius 3 is 2.73 bits per heavy atom. The summed E-state index contributed by atoms with van der Waals surface area (Å²) in [6, 6.07) is 2.44. The minimum Gasteiger partial charge on any atom is -0.479 e. The van der Waals surface area contributed by atoms with Crippen molar-refractivity contribution in [1.82, 2.24) is 5.32 Å². The molecule has 2 heterocycles. The molecule has 2 rings (SSSR count). The van der Waals surface area contributed by atoms with Gasteiger partial charge in [-0.15, -0.1) is 0 Å². The molecule has 1 unspecified atom stereocenters. The van der Waals surface area contributed by atoms with Crippen LogP contribution in [-0.2, 0) is 6.18 Å². The van der Waals surface area contributed by atoms with Crippen LogP contribution in [0.15, 0.2) is 12.1 Å². The number of hydrogen-bond acceptors (Lipinski definition) is 3. The number of alkyl halides is 3. The molecule has 84 valence electrons. The molecule has 0 bridgehead atoms. The lowest BCUT2D eigenvalue weighted by Crippen LogP contribution is -2.18. The van der Waals surface area contributed by atoms with Crippen molar-refractivity contribution in [3.05, 3.63) is 17.0 Å². The summed E-state index contributed by atoms with van der Waals surface area (Å²) in [7, 11) is 0. The summed E-state index contributed by atoms with van der Waals surface area (Å²) in [6.45, 7) is 1.57. The standard InChI is InChI=1S/C9H10F3NOS/c10-9(11,12)7-1-2-8(15-7)14-6-3-4-13-5-6/h1-2,6,13H,3-5H2. The van der Waals surface area contributed by atoms with E-state index in [1.54, 1.807) is 0 Å². The second kappa shape index (κ2) is 4.02. The molecule has 1 aromatic heterocycles. The molecular weight excluding hydrogens is 227 g/mol.